The molecule has 0 spiro atoms. The van der Waals surface area contributed by atoms with Crippen LogP contribution in [0.15, 0.2) is 23.4 Å². The fourth-order valence-electron chi connectivity index (χ4n) is 4.24. The number of alkyl halides is 2. The number of imidazole rings is 1. The minimum atomic E-state index is -3.93. The average Bonchev–Trinajstić information content (AvgIpc) is 3.26. The van der Waals surface area contributed by atoms with E-state index >= 15 is 0 Å². The minimum Gasteiger partial charge on any atom is -0.365 e. The van der Waals surface area contributed by atoms with Crippen molar-refractivity contribution < 1.29 is 26.7 Å². The van der Waals surface area contributed by atoms with Crippen molar-refractivity contribution in [3.8, 4) is 10.8 Å². The number of amides is 1. The van der Waals surface area contributed by atoms with Crippen LogP contribution in [0.1, 0.15) is 37.6 Å². The number of pyridine rings is 1. The number of carbonyl (C=O) groups is 1. The van der Waals surface area contributed by atoms with Crippen molar-refractivity contribution in [1.29, 1.82) is 0 Å². The number of morpholine rings is 1. The molecule has 2 N–H and O–H groups in total. The van der Waals surface area contributed by atoms with Gasteiger partial charge in [0, 0.05) is 25.3 Å². The topological polar surface area (TPSA) is 131 Å². The smallest absolute Gasteiger partial charge is 0.291 e. The van der Waals surface area contributed by atoms with Gasteiger partial charge in [-0.2, -0.15) is 0 Å². The van der Waals surface area contributed by atoms with Crippen LogP contribution in [0, 0.1) is 0 Å². The first-order chi connectivity index (χ1) is 17.2. The predicted octanol–water partition coefficient (Wildman–Crippen LogP) is 1.96. The van der Waals surface area contributed by atoms with Crippen molar-refractivity contribution in [1.82, 2.24) is 29.6 Å². The molecule has 2 fully saturated rings. The van der Waals surface area contributed by atoms with Gasteiger partial charge in [-0.3, -0.25) is 9.20 Å². The number of halogens is 2. The normalized spacial score (nSPS) is 19.7. The number of carbonyl (C=O) groups excluding carboxylic acids is 1. The molecule has 11 nitrogen and oxygen atoms in total. The van der Waals surface area contributed by atoms with E-state index < -0.39 is 33.1 Å². The molecular formula is C21H25F2N7O4S2. The van der Waals surface area contributed by atoms with Gasteiger partial charge >= 0.3 is 0 Å². The molecule has 194 valence electrons. The lowest BCUT2D eigenvalue weighted by Crippen LogP contribution is -2.49. The Morgan fingerprint density at radius 3 is 2.78 bits per heavy atom. The summed E-state index contributed by atoms with van der Waals surface area (Å²) >= 11 is 0.692. The molecule has 3 aromatic heterocycles. The Hall–Kier alpha value is -2.75. The second-order valence-corrected chi connectivity index (χ2v) is 11.5. The van der Waals surface area contributed by atoms with Crippen LogP contribution < -0.4 is 14.9 Å². The zero-order valence-corrected chi connectivity index (χ0v) is 21.2. The number of sulfonamides is 1. The molecule has 15 heteroatoms. The zero-order chi connectivity index (χ0) is 25.7. The Kier molecular flexibility index (Phi) is 6.43. The molecule has 1 saturated heterocycles. The Bertz CT molecular complexity index is 1400. The molecule has 3 aromatic rings. The highest BCUT2D eigenvalue weighted by Crippen LogP contribution is 2.40. The van der Waals surface area contributed by atoms with Crippen LogP contribution in [0.4, 0.5) is 14.5 Å². The van der Waals surface area contributed by atoms with Gasteiger partial charge in [-0.25, -0.2) is 26.9 Å². The first-order valence-corrected chi connectivity index (χ1v) is 13.7. The van der Waals surface area contributed by atoms with Gasteiger partial charge in [0.15, 0.2) is 21.9 Å². The molecule has 5 rings (SSSR count). The molecule has 0 radical (unpaired) electrons. The molecule has 0 aromatic carbocycles. The Morgan fingerprint density at radius 2 is 2.14 bits per heavy atom. The number of rotatable bonds is 8. The molecule has 1 saturated carbocycles. The number of ether oxygens (including phenoxy) is 1. The van der Waals surface area contributed by atoms with Gasteiger partial charge in [0.05, 0.1) is 30.6 Å². The molecule has 1 aliphatic heterocycles. The van der Waals surface area contributed by atoms with Crippen molar-refractivity contribution in [2.24, 2.45) is 0 Å². The van der Waals surface area contributed by atoms with Gasteiger partial charge in [-0.05, 0) is 25.3 Å². The number of nitrogens with zero attached hydrogens (tertiary/aromatic N) is 5. The molecule has 1 atom stereocenters. The molecule has 1 aliphatic carbocycles. The largest absolute Gasteiger partial charge is 0.365 e. The summed E-state index contributed by atoms with van der Waals surface area (Å²) in [5, 5.41) is 9.63. The van der Waals surface area contributed by atoms with E-state index in [9.17, 15) is 22.0 Å². The molecule has 4 heterocycles. The summed E-state index contributed by atoms with van der Waals surface area (Å²) < 4.78 is 63.1. The Balaban J connectivity index is 1.63. The number of nitrogens with one attached hydrogen (secondary N) is 2. The lowest BCUT2D eigenvalue weighted by molar-refractivity contribution is -0.132. The van der Waals surface area contributed by atoms with Crippen molar-refractivity contribution >= 4 is 38.5 Å². The van der Waals surface area contributed by atoms with Gasteiger partial charge in [0.2, 0.25) is 10.0 Å². The molecule has 2 aliphatic rings. The Labute approximate surface area is 209 Å². The van der Waals surface area contributed by atoms with Gasteiger partial charge in [0.25, 0.3) is 12.3 Å². The second-order valence-electron chi connectivity index (χ2n) is 8.80. The highest BCUT2D eigenvalue weighted by atomic mass is 32.2. The number of aromatic nitrogens is 4. The van der Waals surface area contributed by atoms with Crippen molar-refractivity contribution in [3.63, 3.8) is 0 Å². The molecule has 0 bridgehead atoms. The van der Waals surface area contributed by atoms with Gasteiger partial charge in [-0.1, -0.05) is 18.3 Å². The summed E-state index contributed by atoms with van der Waals surface area (Å²) in [6, 6.07) is 1.55. The minimum absolute atomic E-state index is 0.00874. The van der Waals surface area contributed by atoms with Gasteiger partial charge in [-0.15, -0.1) is 10.2 Å². The van der Waals surface area contributed by atoms with E-state index in [4.69, 9.17) is 4.74 Å². The summed E-state index contributed by atoms with van der Waals surface area (Å²) in [5.41, 5.74) is 0.598. The van der Waals surface area contributed by atoms with Crippen LogP contribution >= 0.6 is 11.3 Å². The van der Waals surface area contributed by atoms with Crippen molar-refractivity contribution in [2.75, 3.05) is 31.6 Å². The quantitative estimate of drug-likeness (QED) is 0.443. The van der Waals surface area contributed by atoms with Gasteiger partial charge < -0.3 is 15.0 Å². The molecule has 1 unspecified atom stereocenters. The maximum atomic E-state index is 13.4. The third-order valence-corrected chi connectivity index (χ3v) is 9.02. The monoisotopic (exact) mass is 541 g/mol. The number of hydrogen-bond donors (Lipinski definition) is 2. The zero-order valence-electron chi connectivity index (χ0n) is 19.6. The number of hydrogen-bond acceptors (Lipinski definition) is 9. The third kappa shape index (κ3) is 4.55. The van der Waals surface area contributed by atoms with E-state index in [1.807, 2.05) is 11.8 Å². The van der Waals surface area contributed by atoms with E-state index in [-0.39, 0.29) is 34.8 Å². The summed E-state index contributed by atoms with van der Waals surface area (Å²) in [6.07, 6.45) is 1.59. The first-order valence-electron chi connectivity index (χ1n) is 11.4. The van der Waals surface area contributed by atoms with Crippen LogP contribution in [0.5, 0.6) is 0 Å². The average molecular weight is 542 g/mol. The number of anilines is 1. The van der Waals surface area contributed by atoms with Crippen LogP contribution in [0.2, 0.25) is 0 Å². The first kappa shape index (κ1) is 24.9. The standard InChI is InChI=1S/C21H25F2N7O4S2/c1-3-21(4-5-21)28-36(32,33)12-8-13(29-6-7-34-15(11-29)18(31)24-2)14-9-25-17(30(14)10-12)20-27-26-19(35-20)16(22)23/h8-10,15-16,28H,3-7,11H2,1-2H3,(H,24,31). The summed E-state index contributed by atoms with van der Waals surface area (Å²) in [5.74, 6) is -0.0946. The summed E-state index contributed by atoms with van der Waals surface area (Å²) in [6.45, 7) is 2.79. The molecule has 36 heavy (non-hydrogen) atoms. The van der Waals surface area contributed by atoms with Crippen molar-refractivity contribution in [3.05, 3.63) is 23.5 Å². The van der Waals surface area contributed by atoms with E-state index in [0.717, 1.165) is 12.8 Å². The molecular weight excluding hydrogens is 516 g/mol. The highest BCUT2D eigenvalue weighted by molar-refractivity contribution is 7.89. The van der Waals surface area contributed by atoms with Crippen LogP contribution in [0.3, 0.4) is 0 Å². The second kappa shape index (κ2) is 9.28. The predicted molar refractivity (Wildman–Crippen MR) is 128 cm³/mol. The fourth-order valence-corrected chi connectivity index (χ4v) is 6.48. The lowest BCUT2D eigenvalue weighted by atomic mass is 10.2. The maximum absolute atomic E-state index is 13.4. The lowest BCUT2D eigenvalue weighted by Gasteiger charge is -2.34. The van der Waals surface area contributed by atoms with E-state index in [1.54, 1.807) is 6.07 Å². The number of fused-ring (bicyclic) bond motifs is 1. The maximum Gasteiger partial charge on any atom is 0.291 e. The third-order valence-electron chi connectivity index (χ3n) is 6.55. The van der Waals surface area contributed by atoms with Crippen LogP contribution in [0.25, 0.3) is 16.3 Å². The van der Waals surface area contributed by atoms with E-state index in [2.05, 4.69) is 25.2 Å². The van der Waals surface area contributed by atoms with Crippen LogP contribution in [-0.4, -0.2) is 72.3 Å². The highest BCUT2D eigenvalue weighted by Gasteiger charge is 2.44. The molecule has 1 amide bonds. The van der Waals surface area contributed by atoms with E-state index in [1.165, 1.54) is 23.8 Å². The Morgan fingerprint density at radius 1 is 1.36 bits per heavy atom. The van der Waals surface area contributed by atoms with Crippen LogP contribution in [-0.2, 0) is 19.6 Å². The summed E-state index contributed by atoms with van der Waals surface area (Å²) in [4.78, 5) is 18.4. The number of likely N-dealkylation sites (N-methyl/N-ethyl adjacent to an activating group) is 1. The SMILES string of the molecule is CCC1(NS(=O)(=O)c2cc(N3CCOC(C(=O)NC)C3)c3cnc(-c4nnc(C(F)F)s4)n3c2)CC1. The van der Waals surface area contributed by atoms with E-state index in [0.29, 0.717) is 35.5 Å². The van der Waals surface area contributed by atoms with Gasteiger partial charge in [0.1, 0.15) is 4.90 Å². The fraction of sp³-hybridized carbons (Fsp3) is 0.524. The summed E-state index contributed by atoms with van der Waals surface area (Å²) in [7, 11) is -2.41. The van der Waals surface area contributed by atoms with Crippen molar-refractivity contribution in [2.45, 2.75) is 49.2 Å².